The van der Waals surface area contributed by atoms with E-state index in [2.05, 4.69) is 0 Å². The van der Waals surface area contributed by atoms with Crippen LogP contribution in [0.25, 0.3) is 5.76 Å². The number of carbonyl (C=O) groups is 2. The number of ether oxygens (including phenoxy) is 2. The average molecular weight is 465 g/mol. The molecule has 0 aliphatic carbocycles. The predicted molar refractivity (Wildman–Crippen MR) is 130 cm³/mol. The van der Waals surface area contributed by atoms with E-state index >= 15 is 0 Å². The van der Waals surface area contributed by atoms with Gasteiger partial charge in [0.15, 0.2) is 0 Å². The van der Waals surface area contributed by atoms with Crippen LogP contribution in [-0.2, 0) is 16.0 Å². The number of rotatable bonds is 8. The van der Waals surface area contributed by atoms with Gasteiger partial charge in [-0.3, -0.25) is 9.59 Å². The van der Waals surface area contributed by atoms with Crippen LogP contribution in [0, 0.1) is 0 Å². The van der Waals surface area contributed by atoms with Crippen molar-refractivity contribution in [3.63, 3.8) is 0 Å². The molecule has 0 spiro atoms. The van der Waals surface area contributed by atoms with Crippen molar-refractivity contribution in [2.24, 2.45) is 0 Å². The lowest BCUT2D eigenvalue weighted by Gasteiger charge is -2.27. The topological polar surface area (TPSA) is 79.3 Å². The Labute approximate surface area is 200 Å². The maximum Gasteiger partial charge on any atom is 0.295 e. The highest BCUT2D eigenvalue weighted by molar-refractivity contribution is 6.46. The number of hydrogen-bond acceptors (Lipinski definition) is 6. The number of amides is 1. The zero-order valence-corrected chi connectivity index (χ0v) is 20.2. The zero-order chi connectivity index (χ0) is 24.4. The van der Waals surface area contributed by atoms with Gasteiger partial charge in [0.2, 0.25) is 0 Å². The molecule has 1 N–H and O–H groups in total. The van der Waals surface area contributed by atoms with Crippen LogP contribution in [0.2, 0.25) is 0 Å². The number of fused-ring (bicyclic) bond motifs is 1. The van der Waals surface area contributed by atoms with Gasteiger partial charge in [-0.05, 0) is 68.9 Å². The van der Waals surface area contributed by atoms with Gasteiger partial charge < -0.3 is 24.4 Å². The second-order valence-corrected chi connectivity index (χ2v) is 9.17. The summed E-state index contributed by atoms with van der Waals surface area (Å²) in [6, 6.07) is 12.1. The van der Waals surface area contributed by atoms with Gasteiger partial charge in [-0.15, -0.1) is 0 Å². The Hall–Kier alpha value is -3.32. The van der Waals surface area contributed by atoms with Gasteiger partial charge in [0.1, 0.15) is 23.4 Å². The number of likely N-dealkylation sites (tertiary alicyclic amines) is 1. The quantitative estimate of drug-likeness (QED) is 0.364. The van der Waals surface area contributed by atoms with Crippen LogP contribution in [0.3, 0.4) is 0 Å². The van der Waals surface area contributed by atoms with Crippen molar-refractivity contribution in [3.8, 4) is 11.5 Å². The molecule has 0 bridgehead atoms. The van der Waals surface area contributed by atoms with E-state index in [0.29, 0.717) is 31.0 Å². The van der Waals surface area contributed by atoms with Crippen molar-refractivity contribution in [2.75, 3.05) is 33.8 Å². The SMILES string of the molecule is CCCOc1cccc([C@@H]2/C(=C(\O)c3ccc4c(c3)C[C@H](C)O4)C(=O)C(=O)N2CCN(C)C)c1. The Kier molecular flexibility index (Phi) is 6.93. The number of nitrogens with zero attached hydrogens (tertiary/aromatic N) is 2. The molecule has 34 heavy (non-hydrogen) atoms. The maximum absolute atomic E-state index is 13.2. The van der Waals surface area contributed by atoms with Gasteiger partial charge in [0.05, 0.1) is 18.2 Å². The molecule has 2 aromatic rings. The van der Waals surface area contributed by atoms with Crippen molar-refractivity contribution in [2.45, 2.75) is 38.8 Å². The van der Waals surface area contributed by atoms with Crippen LogP contribution in [0.1, 0.15) is 43.0 Å². The third-order valence-corrected chi connectivity index (χ3v) is 6.14. The van der Waals surface area contributed by atoms with Crippen molar-refractivity contribution in [1.29, 1.82) is 0 Å². The lowest BCUT2D eigenvalue weighted by molar-refractivity contribution is -0.140. The molecule has 2 heterocycles. The molecular weight excluding hydrogens is 432 g/mol. The van der Waals surface area contributed by atoms with Gasteiger partial charge in [-0.25, -0.2) is 0 Å². The van der Waals surface area contributed by atoms with Crippen molar-refractivity contribution >= 4 is 17.4 Å². The second-order valence-electron chi connectivity index (χ2n) is 9.17. The Morgan fingerprint density at radius 2 is 2.00 bits per heavy atom. The number of ketones is 1. The summed E-state index contributed by atoms with van der Waals surface area (Å²) in [7, 11) is 3.83. The van der Waals surface area contributed by atoms with Crippen LogP contribution in [-0.4, -0.2) is 66.5 Å². The van der Waals surface area contributed by atoms with Crippen LogP contribution < -0.4 is 9.47 Å². The maximum atomic E-state index is 13.2. The normalized spacial score (nSPS) is 21.1. The largest absolute Gasteiger partial charge is 0.507 e. The lowest BCUT2D eigenvalue weighted by atomic mass is 9.94. The van der Waals surface area contributed by atoms with E-state index in [1.807, 2.05) is 69.2 Å². The van der Waals surface area contributed by atoms with Gasteiger partial charge in [0.25, 0.3) is 11.7 Å². The van der Waals surface area contributed by atoms with Gasteiger partial charge >= 0.3 is 0 Å². The zero-order valence-electron chi connectivity index (χ0n) is 20.2. The molecule has 1 saturated heterocycles. The summed E-state index contributed by atoms with van der Waals surface area (Å²) in [5, 5.41) is 11.3. The first kappa shape index (κ1) is 23.8. The molecule has 4 rings (SSSR count). The molecule has 7 nitrogen and oxygen atoms in total. The molecule has 2 aromatic carbocycles. The summed E-state index contributed by atoms with van der Waals surface area (Å²) in [5.74, 6) is 0.00426. The molecule has 2 aliphatic rings. The summed E-state index contributed by atoms with van der Waals surface area (Å²) >= 11 is 0. The van der Waals surface area contributed by atoms with Crippen molar-refractivity contribution in [1.82, 2.24) is 9.80 Å². The molecule has 0 saturated carbocycles. The number of aliphatic hydroxyl groups excluding tert-OH is 1. The highest BCUT2D eigenvalue weighted by Crippen LogP contribution is 2.41. The fourth-order valence-electron chi connectivity index (χ4n) is 4.48. The molecule has 180 valence electrons. The van der Waals surface area contributed by atoms with Crippen LogP contribution in [0.5, 0.6) is 11.5 Å². The molecule has 7 heteroatoms. The van der Waals surface area contributed by atoms with E-state index in [1.165, 1.54) is 0 Å². The average Bonchev–Trinajstić information content (AvgIpc) is 3.31. The summed E-state index contributed by atoms with van der Waals surface area (Å²) in [4.78, 5) is 29.8. The summed E-state index contributed by atoms with van der Waals surface area (Å²) in [6.45, 7) is 5.53. The Morgan fingerprint density at radius 3 is 2.74 bits per heavy atom. The standard InChI is InChI=1S/C27H32N2O5/c1-5-13-33-21-8-6-7-18(16-21)24-23(26(31)27(32)29(24)12-11-28(3)4)25(30)19-9-10-22-20(15-19)14-17(2)34-22/h6-10,15-17,24,30H,5,11-14H2,1-4H3/b25-23+/t17-,24+/m0/s1. The number of benzene rings is 2. The van der Waals surface area contributed by atoms with E-state index in [4.69, 9.17) is 9.47 Å². The first-order valence-electron chi connectivity index (χ1n) is 11.8. The molecule has 2 atom stereocenters. The van der Waals surface area contributed by atoms with Crippen LogP contribution >= 0.6 is 0 Å². The smallest absolute Gasteiger partial charge is 0.295 e. The molecule has 2 aliphatic heterocycles. The number of carbonyl (C=O) groups excluding carboxylic acids is 2. The Morgan fingerprint density at radius 1 is 1.21 bits per heavy atom. The number of aliphatic hydroxyl groups is 1. The minimum Gasteiger partial charge on any atom is -0.507 e. The predicted octanol–water partition coefficient (Wildman–Crippen LogP) is 3.78. The molecule has 1 amide bonds. The Balaban J connectivity index is 1.80. The van der Waals surface area contributed by atoms with Gasteiger partial charge in [-0.2, -0.15) is 0 Å². The summed E-state index contributed by atoms with van der Waals surface area (Å²) < 4.78 is 11.6. The van der Waals surface area contributed by atoms with Gasteiger partial charge in [0, 0.05) is 25.1 Å². The third kappa shape index (κ3) is 4.66. The minimum absolute atomic E-state index is 0.0647. The number of Topliss-reactive ketones (excluding diaryl/α,β-unsaturated/α-hetero) is 1. The highest BCUT2D eigenvalue weighted by atomic mass is 16.5. The molecule has 1 fully saturated rings. The molecule has 0 radical (unpaired) electrons. The van der Waals surface area contributed by atoms with E-state index < -0.39 is 17.7 Å². The lowest BCUT2D eigenvalue weighted by Crippen LogP contribution is -2.35. The number of likely N-dealkylation sites (N-methyl/N-ethyl adjacent to an activating group) is 1. The summed E-state index contributed by atoms with van der Waals surface area (Å²) in [6.07, 6.45) is 1.66. The molecule has 0 aromatic heterocycles. The van der Waals surface area contributed by atoms with Crippen LogP contribution in [0.4, 0.5) is 0 Å². The fraction of sp³-hybridized carbons (Fsp3) is 0.407. The molecule has 0 unspecified atom stereocenters. The minimum atomic E-state index is -0.700. The fourth-order valence-corrected chi connectivity index (χ4v) is 4.48. The van der Waals surface area contributed by atoms with E-state index in [9.17, 15) is 14.7 Å². The van der Waals surface area contributed by atoms with E-state index in [0.717, 1.165) is 29.7 Å². The monoisotopic (exact) mass is 464 g/mol. The van der Waals surface area contributed by atoms with E-state index in [1.54, 1.807) is 11.0 Å². The first-order chi connectivity index (χ1) is 16.3. The highest BCUT2D eigenvalue weighted by Gasteiger charge is 2.46. The number of hydrogen-bond donors (Lipinski definition) is 1. The first-order valence-corrected chi connectivity index (χ1v) is 11.8. The van der Waals surface area contributed by atoms with Gasteiger partial charge in [-0.1, -0.05) is 19.1 Å². The second kappa shape index (κ2) is 9.89. The summed E-state index contributed by atoms with van der Waals surface area (Å²) in [5.41, 5.74) is 2.31. The van der Waals surface area contributed by atoms with Crippen LogP contribution in [0.15, 0.2) is 48.0 Å². The Bertz CT molecular complexity index is 1120. The van der Waals surface area contributed by atoms with Crippen molar-refractivity contribution < 1.29 is 24.2 Å². The third-order valence-electron chi connectivity index (χ3n) is 6.14. The van der Waals surface area contributed by atoms with E-state index in [-0.39, 0.29) is 17.4 Å². The van der Waals surface area contributed by atoms with Crippen molar-refractivity contribution in [3.05, 3.63) is 64.7 Å². The molecular formula is C27H32N2O5.